The van der Waals surface area contributed by atoms with E-state index in [2.05, 4.69) is 157 Å². The van der Waals surface area contributed by atoms with Gasteiger partial charge in [-0.25, -0.2) is 0 Å². The SMILES string of the molecule is CC.CC.CC.CC.CC.CC[N+](C)(C)CCCOc1cc(/C=C/c2ccc(/C=C/c3cc(OCCC[N+](C)(C)CC)cc(OCCC[N+](C)(C)CC)c3)cc2)cc(OCCC[N+](C)(C)CC)c1. The second-order valence-electron chi connectivity index (χ2n) is 18.5. The van der Waals surface area contributed by atoms with Gasteiger partial charge in [-0.3, -0.25) is 0 Å². The normalized spacial score (nSPS) is 11.3. The quantitative estimate of drug-likeness (QED) is 0.0413. The number of nitrogens with zero attached hydrogens (tertiary/aromatic N) is 4. The molecule has 0 spiro atoms. The molecule has 0 amide bonds. The first-order valence-corrected chi connectivity index (χ1v) is 27.0. The van der Waals surface area contributed by atoms with Crippen molar-refractivity contribution >= 4 is 24.3 Å². The van der Waals surface area contributed by atoms with E-state index in [0.717, 1.165) is 141 Å². The lowest BCUT2D eigenvalue weighted by atomic mass is 10.1. The smallest absolute Gasteiger partial charge is 0.123 e. The first-order chi connectivity index (χ1) is 32.5. The molecule has 0 aromatic heterocycles. The van der Waals surface area contributed by atoms with Gasteiger partial charge in [0.1, 0.15) is 23.0 Å². The summed E-state index contributed by atoms with van der Waals surface area (Å²) in [4.78, 5) is 0. The molecule has 8 nitrogen and oxygen atoms in total. The van der Waals surface area contributed by atoms with Crippen LogP contribution < -0.4 is 18.9 Å². The highest BCUT2D eigenvalue weighted by Gasteiger charge is 2.15. The standard InChI is InChI=1S/C50H82N4O4.5C2H6/c1-13-51(5,6)29-17-33-55-47-37-45(38-48(41-47)56-34-18-30-52(7,8)14-2)27-25-43-21-23-44(24-22-43)26-28-46-39-49(57-35-19-31-53(9,10)15-3)42-50(40-46)58-36-20-32-54(11,12)16-4;5*1-2/h21-28,37-42H,13-20,29-36H2,1-12H3;5*1-2H3/q+4;;;;;/b27-25+,28-26+;;;;;. The molecule has 392 valence electrons. The maximum atomic E-state index is 6.28. The van der Waals surface area contributed by atoms with Crippen LogP contribution in [-0.4, -0.2) is 153 Å². The molecule has 3 aromatic rings. The van der Waals surface area contributed by atoms with E-state index in [1.807, 2.05) is 81.4 Å². The van der Waals surface area contributed by atoms with Gasteiger partial charge in [0, 0.05) is 37.8 Å². The third-order valence-electron chi connectivity index (χ3n) is 11.8. The lowest BCUT2D eigenvalue weighted by Crippen LogP contribution is -2.40. The summed E-state index contributed by atoms with van der Waals surface area (Å²) in [6, 6.07) is 21.2. The molecule has 0 atom stereocenters. The minimum Gasteiger partial charge on any atom is -0.493 e. The van der Waals surface area contributed by atoms with E-state index in [4.69, 9.17) is 18.9 Å². The Morgan fingerprint density at radius 2 is 0.500 bits per heavy atom. The molecule has 0 aliphatic carbocycles. The maximum Gasteiger partial charge on any atom is 0.123 e. The number of benzene rings is 3. The molecule has 3 aromatic carbocycles. The zero-order valence-corrected chi connectivity index (χ0v) is 48.8. The Balaban J connectivity index is -0.00000395. The van der Waals surface area contributed by atoms with Gasteiger partial charge in [0.05, 0.1) is 135 Å². The lowest BCUT2D eigenvalue weighted by Gasteiger charge is -2.28. The Kier molecular flexibility index (Phi) is 40.2. The topological polar surface area (TPSA) is 36.9 Å². The van der Waals surface area contributed by atoms with Crippen molar-refractivity contribution in [2.24, 2.45) is 0 Å². The predicted molar refractivity (Wildman–Crippen MR) is 304 cm³/mol. The van der Waals surface area contributed by atoms with Crippen molar-refractivity contribution in [2.45, 2.75) is 123 Å². The molecule has 0 bridgehead atoms. The van der Waals surface area contributed by atoms with Gasteiger partial charge in [-0.1, -0.05) is 118 Å². The fourth-order valence-electron chi connectivity index (χ4n) is 6.18. The van der Waals surface area contributed by atoms with Gasteiger partial charge >= 0.3 is 0 Å². The van der Waals surface area contributed by atoms with Crippen LogP contribution in [0.3, 0.4) is 0 Å². The van der Waals surface area contributed by atoms with Gasteiger partial charge < -0.3 is 36.9 Å². The molecular weight excluding hydrogens is 841 g/mol. The Labute approximate surface area is 423 Å². The first kappa shape index (κ1) is 68.4. The van der Waals surface area contributed by atoms with E-state index in [0.29, 0.717) is 26.4 Å². The molecular formula is C60H112N4O4+4. The largest absolute Gasteiger partial charge is 0.493 e. The summed E-state index contributed by atoms with van der Waals surface area (Å²) in [5, 5.41) is 0. The van der Waals surface area contributed by atoms with Crippen LogP contribution in [0.2, 0.25) is 0 Å². The van der Waals surface area contributed by atoms with Gasteiger partial charge in [0.2, 0.25) is 0 Å². The number of rotatable bonds is 28. The highest BCUT2D eigenvalue weighted by Crippen LogP contribution is 2.27. The van der Waals surface area contributed by atoms with Gasteiger partial charge in [0.15, 0.2) is 0 Å². The predicted octanol–water partition coefficient (Wildman–Crippen LogP) is 14.6. The maximum absolute atomic E-state index is 6.28. The molecule has 3 rings (SSSR count). The second kappa shape index (κ2) is 40.0. The fraction of sp³-hybridized carbons (Fsp3) is 0.633. The van der Waals surface area contributed by atoms with Crippen molar-refractivity contribution in [1.82, 2.24) is 0 Å². The molecule has 0 heterocycles. The van der Waals surface area contributed by atoms with Gasteiger partial charge in [-0.15, -0.1) is 0 Å². The summed E-state index contributed by atoms with van der Waals surface area (Å²) >= 11 is 0. The van der Waals surface area contributed by atoms with Crippen LogP contribution in [0.4, 0.5) is 0 Å². The lowest BCUT2D eigenvalue weighted by molar-refractivity contribution is -0.888. The van der Waals surface area contributed by atoms with E-state index in [9.17, 15) is 0 Å². The Morgan fingerprint density at radius 3 is 0.691 bits per heavy atom. The van der Waals surface area contributed by atoms with Crippen LogP contribution >= 0.6 is 0 Å². The molecule has 68 heavy (non-hydrogen) atoms. The molecule has 0 radical (unpaired) electrons. The third-order valence-corrected chi connectivity index (χ3v) is 11.8. The van der Waals surface area contributed by atoms with Crippen LogP contribution in [0.25, 0.3) is 24.3 Å². The average molecular weight is 954 g/mol. The van der Waals surface area contributed by atoms with Crippen molar-refractivity contribution in [3.63, 3.8) is 0 Å². The molecule has 0 unspecified atom stereocenters. The van der Waals surface area contributed by atoms with Crippen LogP contribution in [0.5, 0.6) is 23.0 Å². The van der Waals surface area contributed by atoms with Gasteiger partial charge in [-0.05, 0) is 74.2 Å². The summed E-state index contributed by atoms with van der Waals surface area (Å²) in [6.07, 6.45) is 12.6. The Hall–Kier alpha value is -3.82. The summed E-state index contributed by atoms with van der Waals surface area (Å²) in [5.74, 6) is 3.41. The highest BCUT2D eigenvalue weighted by molar-refractivity contribution is 5.74. The number of hydrogen-bond donors (Lipinski definition) is 0. The van der Waals surface area contributed by atoms with Crippen molar-refractivity contribution in [1.29, 1.82) is 0 Å². The molecule has 0 aliphatic rings. The molecule has 8 heteroatoms. The summed E-state index contributed by atoms with van der Waals surface area (Å²) in [5.41, 5.74) is 4.39. The van der Waals surface area contributed by atoms with Crippen molar-refractivity contribution in [3.8, 4) is 23.0 Å². The van der Waals surface area contributed by atoms with Crippen molar-refractivity contribution < 1.29 is 36.9 Å². The number of ether oxygens (including phenoxy) is 4. The highest BCUT2D eigenvalue weighted by atomic mass is 16.5. The Bertz CT molecular complexity index is 1490. The Morgan fingerprint density at radius 1 is 0.309 bits per heavy atom. The van der Waals surface area contributed by atoms with Crippen LogP contribution in [0.15, 0.2) is 60.7 Å². The number of quaternary nitrogens is 4. The first-order valence-electron chi connectivity index (χ1n) is 27.0. The van der Waals surface area contributed by atoms with E-state index < -0.39 is 0 Å². The summed E-state index contributed by atoms with van der Waals surface area (Å²) in [7, 11) is 18.2. The minimum absolute atomic E-state index is 0.686. The molecule has 0 saturated carbocycles. The van der Waals surface area contributed by atoms with Gasteiger partial charge in [-0.2, -0.15) is 0 Å². The summed E-state index contributed by atoms with van der Waals surface area (Å²) < 4.78 is 29.1. The third kappa shape index (κ3) is 32.8. The zero-order chi connectivity index (χ0) is 52.7. The molecule has 0 fully saturated rings. The zero-order valence-electron chi connectivity index (χ0n) is 48.8. The monoisotopic (exact) mass is 953 g/mol. The molecule has 0 saturated heterocycles. The molecule has 0 aliphatic heterocycles. The van der Waals surface area contributed by atoms with E-state index in [1.54, 1.807) is 0 Å². The van der Waals surface area contributed by atoms with E-state index in [-0.39, 0.29) is 0 Å². The fourth-order valence-corrected chi connectivity index (χ4v) is 6.18. The van der Waals surface area contributed by atoms with Crippen molar-refractivity contribution in [3.05, 3.63) is 82.9 Å². The average Bonchev–Trinajstić information content (AvgIpc) is 3.36. The molecule has 0 N–H and O–H groups in total. The number of hydrogen-bond acceptors (Lipinski definition) is 4. The van der Waals surface area contributed by atoms with E-state index in [1.165, 1.54) is 0 Å². The van der Waals surface area contributed by atoms with Crippen molar-refractivity contribution in [2.75, 3.05) is 135 Å². The van der Waals surface area contributed by atoms with Crippen LogP contribution in [0, 0.1) is 0 Å². The second-order valence-corrected chi connectivity index (χ2v) is 18.5. The van der Waals surface area contributed by atoms with Crippen LogP contribution in [-0.2, 0) is 0 Å². The summed E-state index contributed by atoms with van der Waals surface area (Å²) in [6.45, 7) is 40.5. The van der Waals surface area contributed by atoms with Crippen LogP contribution in [0.1, 0.15) is 145 Å². The van der Waals surface area contributed by atoms with E-state index >= 15 is 0 Å². The minimum atomic E-state index is 0.686. The van der Waals surface area contributed by atoms with Gasteiger partial charge in [0.25, 0.3) is 0 Å².